The summed E-state index contributed by atoms with van der Waals surface area (Å²) in [6.45, 7) is 9.09. The lowest BCUT2D eigenvalue weighted by molar-refractivity contribution is 0.274. The number of halogens is 1. The number of anilines is 1. The molecule has 0 amide bonds. The molecular weight excluding hydrogens is 323 g/mol. The van der Waals surface area contributed by atoms with Crippen LogP contribution < -0.4 is 5.32 Å². The van der Waals surface area contributed by atoms with Crippen LogP contribution in [0.25, 0.3) is 0 Å². The normalized spacial score (nSPS) is 21.1. The van der Waals surface area contributed by atoms with E-state index in [9.17, 15) is 0 Å². The number of hydrogen-bond acceptors (Lipinski definition) is 2. The molecule has 0 bridgehead atoms. The Kier molecular flexibility index (Phi) is 4.31. The van der Waals surface area contributed by atoms with Crippen molar-refractivity contribution in [2.24, 2.45) is 0 Å². The minimum atomic E-state index is 0.607. The molecule has 0 radical (unpaired) electrons. The molecule has 2 nitrogen and oxygen atoms in total. The highest BCUT2D eigenvalue weighted by Crippen LogP contribution is 2.21. The standard InChI is InChI=1S/C14H21IN2/c1-10(2)17-7-6-13(9-17)16-12-5-4-11(3)14(15)8-12/h4-5,8,10,13,16H,6-7,9H2,1-3H3. The molecule has 0 aromatic heterocycles. The van der Waals surface area contributed by atoms with E-state index in [1.807, 2.05) is 0 Å². The predicted octanol–water partition coefficient (Wildman–Crippen LogP) is 3.49. The summed E-state index contributed by atoms with van der Waals surface area (Å²) in [6, 6.07) is 7.90. The van der Waals surface area contributed by atoms with Crippen molar-refractivity contribution < 1.29 is 0 Å². The zero-order valence-electron chi connectivity index (χ0n) is 10.8. The molecule has 1 heterocycles. The first kappa shape index (κ1) is 13.1. The van der Waals surface area contributed by atoms with Crippen LogP contribution in [0, 0.1) is 10.5 Å². The molecule has 1 aliphatic rings. The Morgan fingerprint density at radius 2 is 2.18 bits per heavy atom. The lowest BCUT2D eigenvalue weighted by Gasteiger charge is -2.21. The molecular formula is C14H21IN2. The second-order valence-electron chi connectivity index (χ2n) is 5.18. The van der Waals surface area contributed by atoms with Gasteiger partial charge >= 0.3 is 0 Å². The summed E-state index contributed by atoms with van der Waals surface area (Å²) in [5.74, 6) is 0. The third-order valence-electron chi connectivity index (χ3n) is 3.49. The average Bonchev–Trinajstić information content (AvgIpc) is 2.72. The molecule has 1 N–H and O–H groups in total. The maximum atomic E-state index is 3.65. The highest BCUT2D eigenvalue weighted by Gasteiger charge is 2.23. The van der Waals surface area contributed by atoms with Crippen LogP contribution in [0.2, 0.25) is 0 Å². The Labute approximate surface area is 118 Å². The average molecular weight is 344 g/mol. The zero-order valence-corrected chi connectivity index (χ0v) is 13.0. The number of likely N-dealkylation sites (tertiary alicyclic amines) is 1. The monoisotopic (exact) mass is 344 g/mol. The van der Waals surface area contributed by atoms with Crippen LogP contribution in [0.5, 0.6) is 0 Å². The molecule has 0 aliphatic carbocycles. The SMILES string of the molecule is Cc1ccc(NC2CCN(C(C)C)C2)cc1I. The van der Waals surface area contributed by atoms with Crippen molar-refractivity contribution in [2.75, 3.05) is 18.4 Å². The first-order valence-corrected chi connectivity index (χ1v) is 7.41. The van der Waals surface area contributed by atoms with Crippen LogP contribution in [-0.2, 0) is 0 Å². The van der Waals surface area contributed by atoms with Crippen molar-refractivity contribution in [3.8, 4) is 0 Å². The van der Waals surface area contributed by atoms with Gasteiger partial charge in [0.25, 0.3) is 0 Å². The lowest BCUT2D eigenvalue weighted by Crippen LogP contribution is -2.31. The van der Waals surface area contributed by atoms with Crippen molar-refractivity contribution in [2.45, 2.75) is 39.3 Å². The van der Waals surface area contributed by atoms with Crippen LogP contribution in [0.4, 0.5) is 5.69 Å². The molecule has 0 spiro atoms. The molecule has 17 heavy (non-hydrogen) atoms. The summed E-state index contributed by atoms with van der Waals surface area (Å²) < 4.78 is 1.34. The number of rotatable bonds is 3. The minimum Gasteiger partial charge on any atom is -0.381 e. The van der Waals surface area contributed by atoms with Gasteiger partial charge in [-0.05, 0) is 67.5 Å². The van der Waals surface area contributed by atoms with Crippen LogP contribution in [-0.4, -0.2) is 30.1 Å². The minimum absolute atomic E-state index is 0.607. The fraction of sp³-hybridized carbons (Fsp3) is 0.571. The number of nitrogens with one attached hydrogen (secondary N) is 1. The predicted molar refractivity (Wildman–Crippen MR) is 82.6 cm³/mol. The molecule has 1 atom stereocenters. The number of hydrogen-bond donors (Lipinski definition) is 1. The van der Waals surface area contributed by atoms with E-state index in [0.717, 1.165) is 0 Å². The topological polar surface area (TPSA) is 15.3 Å². The highest BCUT2D eigenvalue weighted by molar-refractivity contribution is 14.1. The molecule has 1 saturated heterocycles. The van der Waals surface area contributed by atoms with Crippen LogP contribution in [0.3, 0.4) is 0 Å². The van der Waals surface area contributed by atoms with E-state index in [0.29, 0.717) is 12.1 Å². The highest BCUT2D eigenvalue weighted by atomic mass is 127. The Hall–Kier alpha value is -0.290. The molecule has 0 saturated carbocycles. The van der Waals surface area contributed by atoms with Crippen LogP contribution in [0.1, 0.15) is 25.8 Å². The van der Waals surface area contributed by atoms with E-state index < -0.39 is 0 Å². The summed E-state index contributed by atoms with van der Waals surface area (Å²) in [5.41, 5.74) is 2.61. The summed E-state index contributed by atoms with van der Waals surface area (Å²) in [7, 11) is 0. The van der Waals surface area contributed by atoms with E-state index in [2.05, 4.69) is 71.8 Å². The third kappa shape index (κ3) is 3.35. The Morgan fingerprint density at radius 1 is 1.41 bits per heavy atom. The van der Waals surface area contributed by atoms with Gasteiger partial charge in [-0.15, -0.1) is 0 Å². The second-order valence-corrected chi connectivity index (χ2v) is 6.34. The Morgan fingerprint density at radius 3 is 2.76 bits per heavy atom. The zero-order chi connectivity index (χ0) is 12.4. The molecule has 94 valence electrons. The molecule has 1 fully saturated rings. The van der Waals surface area contributed by atoms with Gasteiger partial charge in [0.1, 0.15) is 0 Å². The maximum absolute atomic E-state index is 3.65. The molecule has 3 heteroatoms. The quantitative estimate of drug-likeness (QED) is 0.845. The molecule has 1 aromatic rings. The second kappa shape index (κ2) is 5.57. The van der Waals surface area contributed by atoms with Crippen molar-refractivity contribution in [1.82, 2.24) is 4.90 Å². The largest absolute Gasteiger partial charge is 0.381 e. The van der Waals surface area contributed by atoms with Crippen LogP contribution in [0.15, 0.2) is 18.2 Å². The summed E-state index contributed by atoms with van der Waals surface area (Å²) in [6.07, 6.45) is 1.25. The lowest BCUT2D eigenvalue weighted by atomic mass is 10.2. The van der Waals surface area contributed by atoms with E-state index in [-0.39, 0.29) is 0 Å². The molecule has 1 unspecified atom stereocenters. The number of nitrogens with zero attached hydrogens (tertiary/aromatic N) is 1. The number of aryl methyl sites for hydroxylation is 1. The van der Waals surface area contributed by atoms with Crippen molar-refractivity contribution in [1.29, 1.82) is 0 Å². The summed E-state index contributed by atoms with van der Waals surface area (Å²) in [5, 5.41) is 3.65. The van der Waals surface area contributed by atoms with Gasteiger partial charge in [-0.2, -0.15) is 0 Å². The summed E-state index contributed by atoms with van der Waals surface area (Å²) >= 11 is 2.40. The van der Waals surface area contributed by atoms with E-state index >= 15 is 0 Å². The fourth-order valence-electron chi connectivity index (χ4n) is 2.29. The van der Waals surface area contributed by atoms with Gasteiger partial charge in [0.2, 0.25) is 0 Å². The van der Waals surface area contributed by atoms with Crippen molar-refractivity contribution in [3.05, 3.63) is 27.3 Å². The van der Waals surface area contributed by atoms with Gasteiger partial charge in [-0.3, -0.25) is 4.90 Å². The van der Waals surface area contributed by atoms with Gasteiger partial charge in [0.15, 0.2) is 0 Å². The smallest absolute Gasteiger partial charge is 0.0400 e. The maximum Gasteiger partial charge on any atom is 0.0400 e. The van der Waals surface area contributed by atoms with Crippen molar-refractivity contribution >= 4 is 28.3 Å². The van der Waals surface area contributed by atoms with Gasteiger partial charge in [0.05, 0.1) is 0 Å². The van der Waals surface area contributed by atoms with E-state index in [1.54, 1.807) is 0 Å². The summed E-state index contributed by atoms with van der Waals surface area (Å²) in [4.78, 5) is 2.54. The van der Waals surface area contributed by atoms with E-state index in [1.165, 1.54) is 34.3 Å². The number of benzene rings is 1. The Balaban J connectivity index is 1.96. The first-order valence-electron chi connectivity index (χ1n) is 6.33. The van der Waals surface area contributed by atoms with Crippen LogP contribution >= 0.6 is 22.6 Å². The van der Waals surface area contributed by atoms with E-state index in [4.69, 9.17) is 0 Å². The van der Waals surface area contributed by atoms with Gasteiger partial charge in [0, 0.05) is 34.4 Å². The molecule has 1 aliphatic heterocycles. The first-order chi connectivity index (χ1) is 8.06. The van der Waals surface area contributed by atoms with Gasteiger partial charge < -0.3 is 5.32 Å². The molecule has 1 aromatic carbocycles. The van der Waals surface area contributed by atoms with Gasteiger partial charge in [-0.25, -0.2) is 0 Å². The Bertz CT molecular complexity index is 390. The fourth-order valence-corrected chi connectivity index (χ4v) is 2.81. The van der Waals surface area contributed by atoms with Gasteiger partial charge in [-0.1, -0.05) is 6.07 Å². The molecule has 2 rings (SSSR count). The third-order valence-corrected chi connectivity index (χ3v) is 4.65. The van der Waals surface area contributed by atoms with Crippen molar-refractivity contribution in [3.63, 3.8) is 0 Å².